The Kier molecular flexibility index (Phi) is 8.76. The molecule has 1 N–H and O–H groups in total. The summed E-state index contributed by atoms with van der Waals surface area (Å²) in [5, 5.41) is 2.85. The minimum Gasteiger partial charge on any atom is -0.495 e. The number of sulfonamides is 1. The summed E-state index contributed by atoms with van der Waals surface area (Å²) in [6.07, 6.45) is 0. The lowest BCUT2D eigenvalue weighted by atomic mass is 10.2. The Morgan fingerprint density at radius 2 is 1.54 bits per heavy atom. The Hall–Kier alpha value is -3.52. The van der Waals surface area contributed by atoms with E-state index in [0.29, 0.717) is 18.0 Å². The summed E-state index contributed by atoms with van der Waals surface area (Å²) >= 11 is 0. The predicted octanol–water partition coefficient (Wildman–Crippen LogP) is 4.36. The van der Waals surface area contributed by atoms with Crippen molar-refractivity contribution in [1.29, 1.82) is 0 Å². The molecule has 0 fully saturated rings. The Balaban J connectivity index is 1.81. The number of amides is 1. The molecule has 0 aliphatic rings. The number of carbonyl (C=O) groups excluding carboxylic acids is 1. The Morgan fingerprint density at radius 3 is 2.14 bits per heavy atom. The molecular weight excluding hydrogens is 462 g/mol. The monoisotopic (exact) mass is 495 g/mol. The second-order valence-electron chi connectivity index (χ2n) is 8.11. The first-order valence-electron chi connectivity index (χ1n) is 11.6. The van der Waals surface area contributed by atoms with Gasteiger partial charge < -0.3 is 15.0 Å². The summed E-state index contributed by atoms with van der Waals surface area (Å²) in [5.41, 5.74) is 3.29. The first kappa shape index (κ1) is 26.1. The molecule has 0 aliphatic carbocycles. The van der Waals surface area contributed by atoms with E-state index in [9.17, 15) is 13.2 Å². The minimum absolute atomic E-state index is 0.105. The maximum atomic E-state index is 13.6. The molecule has 0 heterocycles. The molecule has 3 aromatic carbocycles. The molecule has 0 saturated carbocycles. The highest BCUT2D eigenvalue weighted by molar-refractivity contribution is 7.92. The summed E-state index contributed by atoms with van der Waals surface area (Å²) in [6.45, 7) is 7.85. The van der Waals surface area contributed by atoms with Crippen molar-refractivity contribution in [3.8, 4) is 5.75 Å². The topological polar surface area (TPSA) is 79.0 Å². The van der Waals surface area contributed by atoms with Crippen LogP contribution in [0, 0.1) is 6.92 Å². The molecule has 0 bridgehead atoms. The molecule has 0 radical (unpaired) electrons. The van der Waals surface area contributed by atoms with Crippen LogP contribution in [0.4, 0.5) is 11.4 Å². The van der Waals surface area contributed by atoms with Gasteiger partial charge in [0.25, 0.3) is 10.0 Å². The van der Waals surface area contributed by atoms with Gasteiger partial charge in [0.15, 0.2) is 0 Å². The highest BCUT2D eigenvalue weighted by Crippen LogP contribution is 2.32. The second kappa shape index (κ2) is 11.8. The van der Waals surface area contributed by atoms with Crippen molar-refractivity contribution in [3.05, 3.63) is 83.9 Å². The lowest BCUT2D eigenvalue weighted by Gasteiger charge is -2.25. The van der Waals surface area contributed by atoms with Gasteiger partial charge in [-0.1, -0.05) is 42.0 Å². The third-order valence-corrected chi connectivity index (χ3v) is 7.58. The summed E-state index contributed by atoms with van der Waals surface area (Å²) < 4.78 is 33.6. The fourth-order valence-corrected chi connectivity index (χ4v) is 5.20. The van der Waals surface area contributed by atoms with Crippen molar-refractivity contribution in [2.45, 2.75) is 32.2 Å². The Bertz CT molecular complexity index is 1220. The van der Waals surface area contributed by atoms with Crippen LogP contribution in [0.1, 0.15) is 25.0 Å². The van der Waals surface area contributed by atoms with Crippen LogP contribution in [0.5, 0.6) is 5.75 Å². The third kappa shape index (κ3) is 6.33. The third-order valence-electron chi connectivity index (χ3n) is 5.80. The quantitative estimate of drug-likeness (QED) is 0.428. The van der Waals surface area contributed by atoms with E-state index in [2.05, 4.69) is 24.1 Å². The van der Waals surface area contributed by atoms with Crippen LogP contribution in [-0.2, 0) is 21.4 Å². The summed E-state index contributed by atoms with van der Waals surface area (Å²) in [4.78, 5) is 15.3. The van der Waals surface area contributed by atoms with E-state index in [1.807, 2.05) is 31.2 Å². The number of hydrogen-bond acceptors (Lipinski definition) is 5. The number of nitrogens with one attached hydrogen (secondary N) is 1. The van der Waals surface area contributed by atoms with Crippen LogP contribution in [0.15, 0.2) is 77.7 Å². The Labute approximate surface area is 208 Å². The van der Waals surface area contributed by atoms with E-state index in [1.54, 1.807) is 48.5 Å². The fraction of sp³-hybridized carbons (Fsp3) is 0.296. The molecule has 186 valence electrons. The predicted molar refractivity (Wildman–Crippen MR) is 141 cm³/mol. The van der Waals surface area contributed by atoms with Crippen LogP contribution in [0.25, 0.3) is 0 Å². The van der Waals surface area contributed by atoms with E-state index in [4.69, 9.17) is 4.74 Å². The maximum Gasteiger partial charge on any atom is 0.264 e. The van der Waals surface area contributed by atoms with Crippen LogP contribution in [0.3, 0.4) is 0 Å². The molecule has 0 aromatic heterocycles. The smallest absolute Gasteiger partial charge is 0.264 e. The van der Waals surface area contributed by atoms with Gasteiger partial charge in [0, 0.05) is 25.3 Å². The van der Waals surface area contributed by atoms with Gasteiger partial charge in [-0.2, -0.15) is 0 Å². The van der Waals surface area contributed by atoms with E-state index in [0.717, 1.165) is 34.2 Å². The van der Waals surface area contributed by atoms with Crippen molar-refractivity contribution >= 4 is 27.3 Å². The molecule has 1 amide bonds. The number of aryl methyl sites for hydroxylation is 1. The van der Waals surface area contributed by atoms with Crippen molar-refractivity contribution in [2.24, 2.45) is 0 Å². The SMILES string of the molecule is CCN(CC)c1ccc(CNC(=O)CN(c2ccccc2OC)S(=O)(=O)c2ccc(C)cc2)cc1. The van der Waals surface area contributed by atoms with Gasteiger partial charge in [-0.15, -0.1) is 0 Å². The average Bonchev–Trinajstić information content (AvgIpc) is 2.87. The second-order valence-corrected chi connectivity index (χ2v) is 9.97. The lowest BCUT2D eigenvalue weighted by Crippen LogP contribution is -2.40. The molecule has 0 atom stereocenters. The minimum atomic E-state index is -4.02. The number of benzene rings is 3. The van der Waals surface area contributed by atoms with Gasteiger partial charge in [-0.05, 0) is 62.7 Å². The molecule has 7 nitrogen and oxygen atoms in total. The van der Waals surface area contributed by atoms with Crippen molar-refractivity contribution in [2.75, 3.05) is 35.9 Å². The summed E-state index contributed by atoms with van der Waals surface area (Å²) in [5.74, 6) is -0.0533. The van der Waals surface area contributed by atoms with Gasteiger partial charge >= 0.3 is 0 Å². The number of carbonyl (C=O) groups is 1. The molecule has 0 saturated heterocycles. The zero-order chi connectivity index (χ0) is 25.4. The zero-order valence-electron chi connectivity index (χ0n) is 20.7. The lowest BCUT2D eigenvalue weighted by molar-refractivity contribution is -0.119. The number of anilines is 2. The molecular formula is C27H33N3O4S. The van der Waals surface area contributed by atoms with Crippen LogP contribution < -0.4 is 19.3 Å². The largest absolute Gasteiger partial charge is 0.495 e. The summed E-state index contributed by atoms with van der Waals surface area (Å²) in [7, 11) is -2.55. The van der Waals surface area contributed by atoms with Crippen molar-refractivity contribution in [1.82, 2.24) is 5.32 Å². The normalized spacial score (nSPS) is 11.1. The van der Waals surface area contributed by atoms with Crippen LogP contribution in [-0.4, -0.2) is 41.1 Å². The molecule has 3 rings (SSSR count). The Morgan fingerprint density at radius 1 is 0.914 bits per heavy atom. The number of nitrogens with zero attached hydrogens (tertiary/aromatic N) is 2. The number of methoxy groups -OCH3 is 1. The maximum absolute atomic E-state index is 13.6. The molecule has 3 aromatic rings. The molecule has 8 heteroatoms. The van der Waals surface area contributed by atoms with E-state index in [1.165, 1.54) is 7.11 Å². The zero-order valence-corrected chi connectivity index (χ0v) is 21.5. The highest BCUT2D eigenvalue weighted by Gasteiger charge is 2.29. The highest BCUT2D eigenvalue weighted by atomic mass is 32.2. The van der Waals surface area contributed by atoms with Gasteiger partial charge in [-0.25, -0.2) is 8.42 Å². The van der Waals surface area contributed by atoms with Gasteiger partial charge in [-0.3, -0.25) is 9.10 Å². The van der Waals surface area contributed by atoms with E-state index >= 15 is 0 Å². The first-order valence-corrected chi connectivity index (χ1v) is 13.1. The van der Waals surface area contributed by atoms with E-state index < -0.39 is 15.9 Å². The standard InChI is InChI=1S/C27H33N3O4S/c1-5-29(6-2)23-15-13-22(14-16-23)19-28-27(31)20-30(25-9-7-8-10-26(25)34-4)35(32,33)24-17-11-21(3)12-18-24/h7-18H,5-6,19-20H2,1-4H3,(H,28,31). The average molecular weight is 496 g/mol. The number of para-hydroxylation sites is 2. The number of ether oxygens (including phenoxy) is 1. The van der Waals surface area contributed by atoms with E-state index in [-0.39, 0.29) is 11.4 Å². The fourth-order valence-electron chi connectivity index (χ4n) is 3.77. The van der Waals surface area contributed by atoms with Crippen LogP contribution in [0.2, 0.25) is 0 Å². The van der Waals surface area contributed by atoms with Gasteiger partial charge in [0.05, 0.1) is 17.7 Å². The van der Waals surface area contributed by atoms with Gasteiger partial charge in [0.1, 0.15) is 12.3 Å². The number of rotatable bonds is 11. The van der Waals surface area contributed by atoms with Crippen molar-refractivity contribution < 1.29 is 17.9 Å². The summed E-state index contributed by atoms with van der Waals surface area (Å²) in [6, 6.07) is 21.3. The van der Waals surface area contributed by atoms with Gasteiger partial charge in [0.2, 0.25) is 5.91 Å². The first-order chi connectivity index (χ1) is 16.8. The van der Waals surface area contributed by atoms with Crippen LogP contribution >= 0.6 is 0 Å². The molecule has 0 aliphatic heterocycles. The number of hydrogen-bond donors (Lipinski definition) is 1. The molecule has 35 heavy (non-hydrogen) atoms. The van der Waals surface area contributed by atoms with Crippen molar-refractivity contribution in [3.63, 3.8) is 0 Å². The molecule has 0 unspecified atom stereocenters. The molecule has 0 spiro atoms.